The van der Waals surface area contributed by atoms with Crippen LogP contribution >= 0.6 is 23.1 Å². The number of nitrogens with zero attached hydrogens (tertiary/aromatic N) is 2. The first-order chi connectivity index (χ1) is 13.6. The van der Waals surface area contributed by atoms with Gasteiger partial charge in [0.2, 0.25) is 5.91 Å². The van der Waals surface area contributed by atoms with Gasteiger partial charge in [0.05, 0.1) is 12.4 Å². The maximum atomic E-state index is 12.4. The van der Waals surface area contributed by atoms with Gasteiger partial charge in [-0.25, -0.2) is 9.97 Å². The minimum atomic E-state index is -0.0516. The monoisotopic (exact) mass is 415 g/mol. The van der Waals surface area contributed by atoms with E-state index in [4.69, 9.17) is 9.47 Å². The lowest BCUT2D eigenvalue weighted by molar-refractivity contribution is -0.118. The highest BCUT2D eigenvalue weighted by Gasteiger charge is 2.22. The molecule has 146 valence electrons. The van der Waals surface area contributed by atoms with Crippen LogP contribution in [0.25, 0.3) is 10.2 Å². The first-order valence-electron chi connectivity index (χ1n) is 9.17. The molecule has 0 aliphatic carbocycles. The molecular formula is C20H21N3O3S2. The van der Waals surface area contributed by atoms with Gasteiger partial charge >= 0.3 is 0 Å². The zero-order valence-corrected chi connectivity index (χ0v) is 17.4. The van der Waals surface area contributed by atoms with E-state index < -0.39 is 0 Å². The molecule has 4 rings (SSSR count). The van der Waals surface area contributed by atoms with E-state index in [1.807, 2.05) is 30.5 Å². The molecule has 6 nitrogen and oxygen atoms in total. The van der Waals surface area contributed by atoms with Crippen LogP contribution in [0.3, 0.4) is 0 Å². The SMILES string of the molecule is CCOc1cc2c(cc1CNC(=O)CSc1ncnc3sccc13)OC(C)C2. The third kappa shape index (κ3) is 4.07. The first kappa shape index (κ1) is 19.0. The lowest BCUT2D eigenvalue weighted by atomic mass is 10.1. The fraction of sp³-hybridized carbons (Fsp3) is 0.350. The number of ether oxygens (including phenoxy) is 2. The second-order valence-corrected chi connectivity index (χ2v) is 8.38. The number of thioether (sulfide) groups is 1. The van der Waals surface area contributed by atoms with Crippen LogP contribution in [-0.2, 0) is 17.8 Å². The highest BCUT2D eigenvalue weighted by molar-refractivity contribution is 8.00. The van der Waals surface area contributed by atoms with Gasteiger partial charge in [0.1, 0.15) is 33.8 Å². The number of carbonyl (C=O) groups is 1. The second-order valence-electron chi connectivity index (χ2n) is 6.52. The molecule has 0 saturated carbocycles. The lowest BCUT2D eigenvalue weighted by Gasteiger charge is -2.13. The molecule has 2 aromatic heterocycles. The van der Waals surface area contributed by atoms with Crippen molar-refractivity contribution in [2.24, 2.45) is 0 Å². The molecule has 0 fully saturated rings. The zero-order chi connectivity index (χ0) is 19.5. The molecule has 1 N–H and O–H groups in total. The van der Waals surface area contributed by atoms with Gasteiger partial charge in [-0.3, -0.25) is 4.79 Å². The summed E-state index contributed by atoms with van der Waals surface area (Å²) < 4.78 is 11.6. The van der Waals surface area contributed by atoms with Crippen molar-refractivity contribution in [2.45, 2.75) is 37.9 Å². The van der Waals surface area contributed by atoms with Gasteiger partial charge < -0.3 is 14.8 Å². The molecule has 1 aliphatic rings. The highest BCUT2D eigenvalue weighted by Crippen LogP contribution is 2.35. The Bertz CT molecular complexity index is 1010. The number of hydrogen-bond donors (Lipinski definition) is 1. The molecule has 1 unspecified atom stereocenters. The summed E-state index contributed by atoms with van der Waals surface area (Å²) in [6.45, 7) is 4.99. The maximum Gasteiger partial charge on any atom is 0.230 e. The van der Waals surface area contributed by atoms with Crippen LogP contribution in [0.5, 0.6) is 11.5 Å². The molecule has 0 saturated heterocycles. The quantitative estimate of drug-likeness (QED) is 0.467. The number of hydrogen-bond acceptors (Lipinski definition) is 7. The van der Waals surface area contributed by atoms with E-state index in [1.165, 1.54) is 11.8 Å². The highest BCUT2D eigenvalue weighted by atomic mass is 32.2. The summed E-state index contributed by atoms with van der Waals surface area (Å²) in [5, 5.41) is 6.78. The van der Waals surface area contributed by atoms with Crippen LogP contribution in [0.15, 0.2) is 34.9 Å². The summed E-state index contributed by atoms with van der Waals surface area (Å²) >= 11 is 2.99. The summed E-state index contributed by atoms with van der Waals surface area (Å²) in [5.41, 5.74) is 2.08. The Balaban J connectivity index is 1.39. The predicted molar refractivity (Wildman–Crippen MR) is 111 cm³/mol. The Morgan fingerprint density at radius 3 is 3.18 bits per heavy atom. The number of amides is 1. The Hall–Kier alpha value is -2.32. The predicted octanol–water partition coefficient (Wildman–Crippen LogP) is 3.82. The van der Waals surface area contributed by atoms with Crippen molar-refractivity contribution < 1.29 is 14.3 Å². The standard InChI is InChI=1S/C20H21N3O3S2/c1-3-25-16-7-13-6-12(2)26-17(13)8-14(16)9-21-18(24)10-28-20-15-4-5-27-19(15)22-11-23-20/h4-5,7-8,11-12H,3,6,9-10H2,1-2H3,(H,21,24). The molecular weight excluding hydrogens is 394 g/mol. The number of aromatic nitrogens is 2. The topological polar surface area (TPSA) is 73.3 Å². The van der Waals surface area contributed by atoms with Crippen molar-refractivity contribution >= 4 is 39.2 Å². The minimum absolute atomic E-state index is 0.0516. The van der Waals surface area contributed by atoms with Gasteiger partial charge in [-0.05, 0) is 37.4 Å². The number of fused-ring (bicyclic) bond motifs is 2. The van der Waals surface area contributed by atoms with Gasteiger partial charge in [-0.1, -0.05) is 11.8 Å². The Morgan fingerprint density at radius 1 is 1.43 bits per heavy atom. The normalized spacial score (nSPS) is 15.3. The summed E-state index contributed by atoms with van der Waals surface area (Å²) in [4.78, 5) is 21.8. The molecule has 1 aromatic carbocycles. The zero-order valence-electron chi connectivity index (χ0n) is 15.7. The van der Waals surface area contributed by atoms with Crippen molar-refractivity contribution in [3.05, 3.63) is 41.0 Å². The van der Waals surface area contributed by atoms with Crippen molar-refractivity contribution in [3.63, 3.8) is 0 Å². The van der Waals surface area contributed by atoms with Gasteiger partial charge in [0.15, 0.2) is 0 Å². The van der Waals surface area contributed by atoms with Gasteiger partial charge in [0, 0.05) is 29.5 Å². The van der Waals surface area contributed by atoms with E-state index in [1.54, 1.807) is 17.7 Å². The van der Waals surface area contributed by atoms with Crippen molar-refractivity contribution in [1.29, 1.82) is 0 Å². The van der Waals surface area contributed by atoms with E-state index in [2.05, 4.69) is 22.2 Å². The van der Waals surface area contributed by atoms with Crippen molar-refractivity contribution in [2.75, 3.05) is 12.4 Å². The summed E-state index contributed by atoms with van der Waals surface area (Å²) in [6.07, 6.45) is 2.60. The number of nitrogens with one attached hydrogen (secondary N) is 1. The fourth-order valence-electron chi connectivity index (χ4n) is 3.17. The number of rotatable bonds is 7. The van der Waals surface area contributed by atoms with Crippen LogP contribution in [0.4, 0.5) is 0 Å². The third-order valence-electron chi connectivity index (χ3n) is 4.42. The first-order valence-corrected chi connectivity index (χ1v) is 11.0. The van der Waals surface area contributed by atoms with Crippen LogP contribution in [-0.4, -0.2) is 34.3 Å². The lowest BCUT2D eigenvalue weighted by Crippen LogP contribution is -2.25. The Labute approximate surface area is 171 Å². The van der Waals surface area contributed by atoms with Crippen LogP contribution in [0.2, 0.25) is 0 Å². The molecule has 8 heteroatoms. The Kier molecular flexibility index (Phi) is 5.68. The van der Waals surface area contributed by atoms with Crippen molar-refractivity contribution in [3.8, 4) is 11.5 Å². The second kappa shape index (κ2) is 8.36. The molecule has 0 bridgehead atoms. The largest absolute Gasteiger partial charge is 0.494 e. The molecule has 1 aliphatic heterocycles. The van der Waals surface area contributed by atoms with Gasteiger partial charge in [-0.15, -0.1) is 11.3 Å². The Morgan fingerprint density at radius 2 is 2.32 bits per heavy atom. The molecule has 1 amide bonds. The van der Waals surface area contributed by atoms with Crippen LogP contribution < -0.4 is 14.8 Å². The van der Waals surface area contributed by atoms with E-state index in [9.17, 15) is 4.79 Å². The summed E-state index contributed by atoms with van der Waals surface area (Å²) in [6, 6.07) is 6.00. The van der Waals surface area contributed by atoms with Gasteiger partial charge in [-0.2, -0.15) is 0 Å². The van der Waals surface area contributed by atoms with E-state index in [0.29, 0.717) is 18.9 Å². The smallest absolute Gasteiger partial charge is 0.230 e. The van der Waals surface area contributed by atoms with Crippen LogP contribution in [0, 0.1) is 0 Å². The number of thiophene rings is 1. The molecule has 0 radical (unpaired) electrons. The average Bonchev–Trinajstić information content (AvgIpc) is 3.30. The molecule has 3 aromatic rings. The molecule has 28 heavy (non-hydrogen) atoms. The number of benzene rings is 1. The average molecular weight is 416 g/mol. The summed E-state index contributed by atoms with van der Waals surface area (Å²) in [5.74, 6) is 1.94. The van der Waals surface area contributed by atoms with E-state index >= 15 is 0 Å². The van der Waals surface area contributed by atoms with Crippen LogP contribution in [0.1, 0.15) is 25.0 Å². The molecule has 3 heterocycles. The van der Waals surface area contributed by atoms with Crippen molar-refractivity contribution in [1.82, 2.24) is 15.3 Å². The van der Waals surface area contributed by atoms with Gasteiger partial charge in [0.25, 0.3) is 0 Å². The van der Waals surface area contributed by atoms with E-state index in [0.717, 1.165) is 44.3 Å². The summed E-state index contributed by atoms with van der Waals surface area (Å²) in [7, 11) is 0. The molecule has 0 spiro atoms. The third-order valence-corrected chi connectivity index (χ3v) is 6.25. The van der Waals surface area contributed by atoms with E-state index in [-0.39, 0.29) is 12.0 Å². The fourth-order valence-corrected chi connectivity index (χ4v) is 4.78. The maximum absolute atomic E-state index is 12.4. The number of carbonyl (C=O) groups excluding carboxylic acids is 1. The molecule has 1 atom stereocenters. The minimum Gasteiger partial charge on any atom is -0.494 e.